The molecule has 31 heavy (non-hydrogen) atoms. The van der Waals surface area contributed by atoms with Crippen LogP contribution in [0.5, 0.6) is 11.5 Å². The molecule has 0 aliphatic carbocycles. The van der Waals surface area contributed by atoms with Crippen molar-refractivity contribution in [1.82, 2.24) is 19.7 Å². The molecule has 4 aromatic rings. The molecule has 0 aliphatic heterocycles. The Morgan fingerprint density at radius 3 is 2.74 bits per heavy atom. The van der Waals surface area contributed by atoms with E-state index in [1.165, 1.54) is 11.1 Å². The molecule has 0 aliphatic rings. The summed E-state index contributed by atoms with van der Waals surface area (Å²) in [4.78, 5) is 4.81. The van der Waals surface area contributed by atoms with Crippen molar-refractivity contribution in [3.8, 4) is 27.8 Å². The van der Waals surface area contributed by atoms with Crippen molar-refractivity contribution >= 4 is 23.1 Å². The molecule has 0 atom stereocenters. The minimum Gasteiger partial charge on any atom is -0.493 e. The second-order valence-electron chi connectivity index (χ2n) is 7.00. The number of aryl methyl sites for hydroxylation is 2. The van der Waals surface area contributed by atoms with Crippen LogP contribution in [-0.4, -0.2) is 33.5 Å². The minimum atomic E-state index is 0.598. The van der Waals surface area contributed by atoms with E-state index in [1.807, 2.05) is 29.7 Å². The number of aromatic nitrogens is 4. The van der Waals surface area contributed by atoms with E-state index in [0.29, 0.717) is 18.1 Å². The zero-order chi connectivity index (χ0) is 21.8. The number of thiazole rings is 1. The monoisotopic (exact) mass is 452 g/mol. The van der Waals surface area contributed by atoms with Gasteiger partial charge in [-0.15, -0.1) is 21.5 Å². The summed E-state index contributed by atoms with van der Waals surface area (Å²) in [7, 11) is 1.65. The lowest BCUT2D eigenvalue weighted by Crippen LogP contribution is -1.98. The van der Waals surface area contributed by atoms with Crippen LogP contribution in [0.25, 0.3) is 16.3 Å². The van der Waals surface area contributed by atoms with Crippen LogP contribution in [0.4, 0.5) is 0 Å². The van der Waals surface area contributed by atoms with Crippen molar-refractivity contribution in [2.45, 2.75) is 31.7 Å². The maximum Gasteiger partial charge on any atom is 0.196 e. The van der Waals surface area contributed by atoms with Gasteiger partial charge in [-0.2, -0.15) is 0 Å². The topological polar surface area (TPSA) is 62.1 Å². The van der Waals surface area contributed by atoms with Gasteiger partial charge in [-0.05, 0) is 50.6 Å². The van der Waals surface area contributed by atoms with Crippen molar-refractivity contribution in [2.75, 3.05) is 13.7 Å². The molecule has 2 aromatic heterocycles. The van der Waals surface area contributed by atoms with Gasteiger partial charge in [-0.3, -0.25) is 4.57 Å². The summed E-state index contributed by atoms with van der Waals surface area (Å²) in [6.07, 6.45) is 1.76. The predicted octanol–water partition coefficient (Wildman–Crippen LogP) is 5.71. The van der Waals surface area contributed by atoms with E-state index in [9.17, 15) is 0 Å². The van der Waals surface area contributed by atoms with Crippen LogP contribution < -0.4 is 9.47 Å². The molecule has 0 fully saturated rings. The maximum atomic E-state index is 5.61. The Labute approximate surface area is 190 Å². The van der Waals surface area contributed by atoms with Gasteiger partial charge < -0.3 is 9.47 Å². The summed E-state index contributed by atoms with van der Waals surface area (Å²) in [5, 5.41) is 12.3. The van der Waals surface area contributed by atoms with Gasteiger partial charge in [0.25, 0.3) is 0 Å². The van der Waals surface area contributed by atoms with Gasteiger partial charge in [0.05, 0.1) is 25.1 Å². The molecule has 160 valence electrons. The average molecular weight is 453 g/mol. The smallest absolute Gasteiger partial charge is 0.196 e. The largest absolute Gasteiger partial charge is 0.493 e. The summed E-state index contributed by atoms with van der Waals surface area (Å²) in [6.45, 7) is 6.76. The summed E-state index contributed by atoms with van der Waals surface area (Å²) in [5.74, 6) is 2.17. The van der Waals surface area contributed by atoms with Crippen LogP contribution in [0.2, 0.25) is 0 Å². The van der Waals surface area contributed by atoms with Crippen LogP contribution in [0.3, 0.4) is 0 Å². The number of methoxy groups -OCH3 is 1. The third kappa shape index (κ3) is 4.75. The molecule has 0 amide bonds. The summed E-state index contributed by atoms with van der Waals surface area (Å²) >= 11 is 3.25. The second kappa shape index (κ2) is 9.53. The Morgan fingerprint density at radius 1 is 1.10 bits per heavy atom. The van der Waals surface area contributed by atoms with Crippen LogP contribution in [-0.2, 0) is 5.75 Å². The molecule has 0 radical (unpaired) electrons. The first kappa shape index (κ1) is 21.4. The summed E-state index contributed by atoms with van der Waals surface area (Å²) in [6, 6.07) is 12.3. The van der Waals surface area contributed by atoms with Crippen LogP contribution in [0, 0.1) is 13.8 Å². The fraction of sp³-hybridized carbons (Fsp3) is 0.261. The van der Waals surface area contributed by atoms with Gasteiger partial charge in [0.15, 0.2) is 16.7 Å². The van der Waals surface area contributed by atoms with E-state index >= 15 is 0 Å². The standard InChI is InChI=1S/C23H24N4O2S2/c1-5-29-20-9-7-17(11-21(20)28-4)22-25-18(12-30-22)13-31-23-26-24-14-27(23)19-8-6-15(2)10-16(19)3/h6-12,14H,5,13H2,1-4H3. The molecule has 0 bridgehead atoms. The third-order valence-corrected chi connectivity index (χ3v) is 6.66. The molecule has 0 unspecified atom stereocenters. The van der Waals surface area contributed by atoms with E-state index in [1.54, 1.807) is 36.5 Å². The van der Waals surface area contributed by atoms with Crippen molar-refractivity contribution in [3.05, 3.63) is 64.9 Å². The lowest BCUT2D eigenvalue weighted by Gasteiger charge is -2.10. The number of nitrogens with zero attached hydrogens (tertiary/aromatic N) is 4. The zero-order valence-electron chi connectivity index (χ0n) is 18.0. The molecule has 0 saturated heterocycles. The number of benzene rings is 2. The first-order valence-electron chi connectivity index (χ1n) is 9.95. The lowest BCUT2D eigenvalue weighted by atomic mass is 10.1. The molecule has 2 heterocycles. The van der Waals surface area contributed by atoms with Gasteiger partial charge in [-0.1, -0.05) is 29.5 Å². The quantitative estimate of drug-likeness (QED) is 0.319. The van der Waals surface area contributed by atoms with Gasteiger partial charge in [-0.25, -0.2) is 4.98 Å². The number of thioether (sulfide) groups is 1. The molecule has 0 saturated carbocycles. The molecular weight excluding hydrogens is 428 g/mol. The third-order valence-electron chi connectivity index (χ3n) is 4.74. The minimum absolute atomic E-state index is 0.598. The van der Waals surface area contributed by atoms with E-state index in [0.717, 1.165) is 32.9 Å². The van der Waals surface area contributed by atoms with Gasteiger partial charge >= 0.3 is 0 Å². The van der Waals surface area contributed by atoms with Crippen molar-refractivity contribution in [3.63, 3.8) is 0 Å². The summed E-state index contributed by atoms with van der Waals surface area (Å²) < 4.78 is 13.1. The molecule has 6 nitrogen and oxygen atoms in total. The molecule has 0 spiro atoms. The molecule has 8 heteroatoms. The Balaban J connectivity index is 1.49. The summed E-state index contributed by atoms with van der Waals surface area (Å²) in [5.41, 5.74) is 5.55. The predicted molar refractivity (Wildman–Crippen MR) is 126 cm³/mol. The highest BCUT2D eigenvalue weighted by molar-refractivity contribution is 7.98. The number of rotatable bonds is 8. The van der Waals surface area contributed by atoms with E-state index in [-0.39, 0.29) is 0 Å². The Hall–Kier alpha value is -2.84. The Kier molecular flexibility index (Phi) is 6.58. The van der Waals surface area contributed by atoms with Crippen LogP contribution >= 0.6 is 23.1 Å². The van der Waals surface area contributed by atoms with Crippen molar-refractivity contribution < 1.29 is 9.47 Å². The average Bonchev–Trinajstić information content (AvgIpc) is 3.42. The van der Waals surface area contributed by atoms with Crippen LogP contribution in [0.15, 0.2) is 53.3 Å². The fourth-order valence-corrected chi connectivity index (χ4v) is 5.02. The SMILES string of the molecule is CCOc1ccc(-c2nc(CSc3nncn3-c3ccc(C)cc3C)cs2)cc1OC. The van der Waals surface area contributed by atoms with Crippen molar-refractivity contribution in [1.29, 1.82) is 0 Å². The highest BCUT2D eigenvalue weighted by Crippen LogP contribution is 2.34. The van der Waals surface area contributed by atoms with E-state index < -0.39 is 0 Å². The highest BCUT2D eigenvalue weighted by Gasteiger charge is 2.13. The van der Waals surface area contributed by atoms with Gasteiger partial charge in [0.1, 0.15) is 11.3 Å². The number of hydrogen-bond acceptors (Lipinski definition) is 7. The molecule has 0 N–H and O–H groups in total. The molecule has 2 aromatic carbocycles. The lowest BCUT2D eigenvalue weighted by molar-refractivity contribution is 0.311. The second-order valence-corrected chi connectivity index (χ2v) is 8.81. The molecule has 4 rings (SSSR count). The number of ether oxygens (including phenoxy) is 2. The van der Waals surface area contributed by atoms with Crippen molar-refractivity contribution in [2.24, 2.45) is 0 Å². The van der Waals surface area contributed by atoms with Gasteiger partial charge in [0.2, 0.25) is 0 Å². The Morgan fingerprint density at radius 2 is 1.97 bits per heavy atom. The van der Waals surface area contributed by atoms with Crippen LogP contribution in [0.1, 0.15) is 23.7 Å². The first-order chi connectivity index (χ1) is 15.1. The zero-order valence-corrected chi connectivity index (χ0v) is 19.6. The first-order valence-corrected chi connectivity index (χ1v) is 11.8. The Bertz CT molecular complexity index is 1190. The number of hydrogen-bond donors (Lipinski definition) is 0. The van der Waals surface area contributed by atoms with Gasteiger partial charge in [0, 0.05) is 16.7 Å². The maximum absolute atomic E-state index is 5.61. The van der Waals surface area contributed by atoms with E-state index in [4.69, 9.17) is 14.5 Å². The fourth-order valence-electron chi connectivity index (χ4n) is 3.28. The molecular formula is C23H24N4O2S2. The normalized spacial score (nSPS) is 11.0. The highest BCUT2D eigenvalue weighted by atomic mass is 32.2. The van der Waals surface area contributed by atoms with E-state index in [2.05, 4.69) is 47.6 Å².